The minimum atomic E-state index is -0.346. The molecule has 1 aromatic heterocycles. The summed E-state index contributed by atoms with van der Waals surface area (Å²) in [4.78, 5) is 13.7. The smallest absolute Gasteiger partial charge is 0.233 e. The van der Waals surface area contributed by atoms with Gasteiger partial charge in [0, 0.05) is 17.1 Å². The van der Waals surface area contributed by atoms with E-state index < -0.39 is 0 Å². The van der Waals surface area contributed by atoms with E-state index in [0.29, 0.717) is 0 Å². The van der Waals surface area contributed by atoms with Gasteiger partial charge in [-0.25, -0.2) is 0 Å². The van der Waals surface area contributed by atoms with E-state index in [0.717, 1.165) is 16.8 Å². The van der Waals surface area contributed by atoms with E-state index in [1.54, 1.807) is 11.3 Å². The van der Waals surface area contributed by atoms with Crippen LogP contribution >= 0.6 is 11.3 Å². The van der Waals surface area contributed by atoms with Gasteiger partial charge in [-0.05, 0) is 34.7 Å². The Hall–Kier alpha value is -2.43. The molecular weight excluding hydrogens is 304 g/mol. The Bertz CT molecular complexity index is 769. The molecule has 0 radical (unpaired) electrons. The van der Waals surface area contributed by atoms with Crippen molar-refractivity contribution in [2.75, 3.05) is 11.9 Å². The number of nitrogens with one attached hydrogen (secondary N) is 1. The van der Waals surface area contributed by atoms with Crippen LogP contribution in [0.5, 0.6) is 0 Å². The van der Waals surface area contributed by atoms with Crippen molar-refractivity contribution in [2.24, 2.45) is 5.73 Å². The summed E-state index contributed by atoms with van der Waals surface area (Å²) in [7, 11) is 0. The molecule has 116 valence electrons. The second-order valence-electron chi connectivity index (χ2n) is 5.25. The molecule has 0 aliphatic rings. The van der Waals surface area contributed by atoms with E-state index in [1.165, 1.54) is 4.88 Å². The Balaban J connectivity index is 1.78. The first-order chi connectivity index (χ1) is 11.3. The minimum Gasteiger partial charge on any atom is -0.329 e. The zero-order valence-electron chi connectivity index (χ0n) is 12.6. The van der Waals surface area contributed by atoms with Crippen molar-refractivity contribution in [1.29, 1.82) is 0 Å². The predicted molar refractivity (Wildman–Crippen MR) is 96.6 cm³/mol. The fourth-order valence-electron chi connectivity index (χ4n) is 2.50. The molecule has 4 heteroatoms. The van der Waals surface area contributed by atoms with E-state index >= 15 is 0 Å². The summed E-state index contributed by atoms with van der Waals surface area (Å²) in [6, 6.07) is 21.6. The van der Waals surface area contributed by atoms with Crippen molar-refractivity contribution in [3.8, 4) is 10.4 Å². The standard InChI is InChI=1S/C19H18N2OS/c20-13-17(14-6-2-1-3-7-14)19(22)21-16-9-4-8-15(12-16)18-10-5-11-23-18/h1-12,17H,13,20H2,(H,21,22)/t17-/m1/s1. The third kappa shape index (κ3) is 3.67. The molecular formula is C19H18N2OS. The lowest BCUT2D eigenvalue weighted by molar-refractivity contribution is -0.117. The van der Waals surface area contributed by atoms with Crippen molar-refractivity contribution in [1.82, 2.24) is 0 Å². The Kier molecular flexibility index (Phi) is 4.86. The van der Waals surface area contributed by atoms with Gasteiger partial charge < -0.3 is 11.1 Å². The molecule has 0 aliphatic heterocycles. The van der Waals surface area contributed by atoms with Crippen molar-refractivity contribution < 1.29 is 4.79 Å². The highest BCUT2D eigenvalue weighted by Crippen LogP contribution is 2.27. The van der Waals surface area contributed by atoms with Gasteiger partial charge in [-0.2, -0.15) is 0 Å². The van der Waals surface area contributed by atoms with Crippen molar-refractivity contribution in [2.45, 2.75) is 5.92 Å². The van der Waals surface area contributed by atoms with Gasteiger partial charge in [0.25, 0.3) is 0 Å². The lowest BCUT2D eigenvalue weighted by atomic mass is 9.98. The first-order valence-corrected chi connectivity index (χ1v) is 8.35. The second-order valence-corrected chi connectivity index (χ2v) is 6.19. The zero-order valence-corrected chi connectivity index (χ0v) is 13.4. The van der Waals surface area contributed by atoms with Gasteiger partial charge in [-0.1, -0.05) is 48.5 Å². The average molecular weight is 322 g/mol. The summed E-state index contributed by atoms with van der Waals surface area (Å²) in [6.07, 6.45) is 0. The number of amides is 1. The number of nitrogens with two attached hydrogens (primary N) is 1. The predicted octanol–water partition coefficient (Wildman–Crippen LogP) is 4.10. The van der Waals surface area contributed by atoms with Gasteiger partial charge in [0.2, 0.25) is 5.91 Å². The van der Waals surface area contributed by atoms with Crippen LogP contribution in [0.2, 0.25) is 0 Å². The van der Waals surface area contributed by atoms with E-state index in [-0.39, 0.29) is 18.4 Å². The molecule has 3 nitrogen and oxygen atoms in total. The van der Waals surface area contributed by atoms with Crippen LogP contribution in [0.4, 0.5) is 5.69 Å². The number of thiophene rings is 1. The highest BCUT2D eigenvalue weighted by Gasteiger charge is 2.18. The molecule has 2 aromatic carbocycles. The molecule has 0 saturated carbocycles. The number of carbonyl (C=O) groups is 1. The van der Waals surface area contributed by atoms with Crippen molar-refractivity contribution >= 4 is 22.9 Å². The third-order valence-electron chi connectivity index (χ3n) is 3.69. The Morgan fingerprint density at radius 3 is 2.57 bits per heavy atom. The second kappa shape index (κ2) is 7.22. The molecule has 0 saturated heterocycles. The van der Waals surface area contributed by atoms with Gasteiger partial charge in [0.1, 0.15) is 0 Å². The van der Waals surface area contributed by atoms with Crippen LogP contribution in [0.3, 0.4) is 0 Å². The van der Waals surface area contributed by atoms with Crippen LogP contribution in [0.15, 0.2) is 72.1 Å². The van der Waals surface area contributed by atoms with E-state index in [9.17, 15) is 4.79 Å². The van der Waals surface area contributed by atoms with Crippen LogP contribution in [-0.4, -0.2) is 12.5 Å². The molecule has 23 heavy (non-hydrogen) atoms. The number of carbonyl (C=O) groups excluding carboxylic acids is 1. The van der Waals surface area contributed by atoms with Crippen LogP contribution in [-0.2, 0) is 4.79 Å². The highest BCUT2D eigenvalue weighted by molar-refractivity contribution is 7.13. The molecule has 1 atom stereocenters. The summed E-state index contributed by atoms with van der Waals surface area (Å²) in [5, 5.41) is 5.02. The zero-order chi connectivity index (χ0) is 16.1. The maximum Gasteiger partial charge on any atom is 0.233 e. The molecule has 3 rings (SSSR count). The summed E-state index contributed by atoms with van der Waals surface area (Å²) in [6.45, 7) is 0.278. The van der Waals surface area contributed by atoms with E-state index in [1.807, 2.05) is 66.0 Å². The van der Waals surface area contributed by atoms with E-state index in [4.69, 9.17) is 5.73 Å². The van der Waals surface area contributed by atoms with Gasteiger partial charge in [-0.3, -0.25) is 4.79 Å². The van der Waals surface area contributed by atoms with Crippen LogP contribution in [0, 0.1) is 0 Å². The molecule has 0 fully saturated rings. The van der Waals surface area contributed by atoms with Gasteiger partial charge in [0.05, 0.1) is 5.92 Å². The summed E-state index contributed by atoms with van der Waals surface area (Å²) in [5.74, 6) is -0.427. The largest absolute Gasteiger partial charge is 0.329 e. The molecule has 1 heterocycles. The Morgan fingerprint density at radius 2 is 1.87 bits per heavy atom. The fraction of sp³-hybridized carbons (Fsp3) is 0.105. The number of hydrogen-bond donors (Lipinski definition) is 2. The van der Waals surface area contributed by atoms with E-state index in [2.05, 4.69) is 11.4 Å². The summed E-state index contributed by atoms with van der Waals surface area (Å²) >= 11 is 1.68. The van der Waals surface area contributed by atoms with Crippen LogP contribution in [0.1, 0.15) is 11.5 Å². The highest BCUT2D eigenvalue weighted by atomic mass is 32.1. The first-order valence-electron chi connectivity index (χ1n) is 7.48. The molecule has 0 bridgehead atoms. The molecule has 0 spiro atoms. The average Bonchev–Trinajstić information content (AvgIpc) is 3.11. The van der Waals surface area contributed by atoms with Gasteiger partial charge >= 0.3 is 0 Å². The quantitative estimate of drug-likeness (QED) is 0.743. The SMILES string of the molecule is NC[C@@H](C(=O)Nc1cccc(-c2cccs2)c1)c1ccccc1. The van der Waals surface area contributed by atoms with Crippen molar-refractivity contribution in [3.05, 3.63) is 77.7 Å². The molecule has 0 aliphatic carbocycles. The number of rotatable bonds is 5. The normalized spacial score (nSPS) is 11.9. The lowest BCUT2D eigenvalue weighted by Gasteiger charge is -2.15. The maximum absolute atomic E-state index is 12.6. The monoisotopic (exact) mass is 322 g/mol. The maximum atomic E-state index is 12.6. The van der Waals surface area contributed by atoms with Gasteiger partial charge in [-0.15, -0.1) is 11.3 Å². The topological polar surface area (TPSA) is 55.1 Å². The Labute approximate surface area is 139 Å². The molecule has 3 aromatic rings. The fourth-order valence-corrected chi connectivity index (χ4v) is 3.23. The molecule has 1 amide bonds. The lowest BCUT2D eigenvalue weighted by Crippen LogP contribution is -2.27. The minimum absolute atomic E-state index is 0.0815. The van der Waals surface area contributed by atoms with Crippen LogP contribution < -0.4 is 11.1 Å². The van der Waals surface area contributed by atoms with Crippen LogP contribution in [0.25, 0.3) is 10.4 Å². The van der Waals surface area contributed by atoms with Crippen molar-refractivity contribution in [3.63, 3.8) is 0 Å². The summed E-state index contributed by atoms with van der Waals surface area (Å²) < 4.78 is 0. The Morgan fingerprint density at radius 1 is 1.04 bits per heavy atom. The number of benzene rings is 2. The molecule has 0 unspecified atom stereocenters. The van der Waals surface area contributed by atoms with Gasteiger partial charge in [0.15, 0.2) is 0 Å². The summed E-state index contributed by atoms with van der Waals surface area (Å²) in [5.41, 5.74) is 8.63. The first kappa shape index (κ1) is 15.5. The number of anilines is 1. The molecule has 3 N–H and O–H groups in total. The number of hydrogen-bond acceptors (Lipinski definition) is 3. The third-order valence-corrected chi connectivity index (χ3v) is 4.61.